The minimum atomic E-state index is -0.690. The van der Waals surface area contributed by atoms with Crippen molar-refractivity contribution in [2.75, 3.05) is 0 Å². The van der Waals surface area contributed by atoms with Crippen molar-refractivity contribution in [1.29, 1.82) is 0 Å². The van der Waals surface area contributed by atoms with Crippen LogP contribution in [0.3, 0.4) is 0 Å². The molecule has 0 saturated heterocycles. The van der Waals surface area contributed by atoms with Gasteiger partial charge in [-0.3, -0.25) is 4.79 Å². The van der Waals surface area contributed by atoms with E-state index < -0.39 is 18.0 Å². The number of rotatable bonds is 19. The summed E-state index contributed by atoms with van der Waals surface area (Å²) in [7, 11) is 0. The van der Waals surface area contributed by atoms with Crippen LogP contribution < -0.4 is 5.73 Å². The van der Waals surface area contributed by atoms with Crippen LogP contribution in [0.25, 0.3) is 0 Å². The third kappa shape index (κ3) is 18.5. The number of esters is 2. The highest BCUT2D eigenvalue weighted by atomic mass is 16.6. The fraction of sp³-hybridized carbons (Fsp3) is 0.917. The van der Waals surface area contributed by atoms with Crippen molar-refractivity contribution in [1.82, 2.24) is 0 Å². The molecule has 0 aliphatic heterocycles. The van der Waals surface area contributed by atoms with Crippen LogP contribution in [0.4, 0.5) is 0 Å². The second kappa shape index (κ2) is 19.4. The van der Waals surface area contributed by atoms with Gasteiger partial charge in [-0.25, -0.2) is 4.79 Å². The number of hydrogen-bond acceptors (Lipinski definition) is 4. The third-order valence-electron chi connectivity index (χ3n) is 5.23. The summed E-state index contributed by atoms with van der Waals surface area (Å²) in [6.07, 6.45) is 20.2. The van der Waals surface area contributed by atoms with Gasteiger partial charge in [0.25, 0.3) is 0 Å². The molecule has 4 nitrogen and oxygen atoms in total. The summed E-state index contributed by atoms with van der Waals surface area (Å²) in [5, 5.41) is 0. The molecule has 0 spiro atoms. The molecule has 0 heterocycles. The van der Waals surface area contributed by atoms with Gasteiger partial charge in [-0.1, -0.05) is 111 Å². The van der Waals surface area contributed by atoms with Crippen molar-refractivity contribution < 1.29 is 14.3 Å². The molecule has 2 N–H and O–H groups in total. The second-order valence-electron chi connectivity index (χ2n) is 8.73. The lowest BCUT2D eigenvalue weighted by atomic mass is 10.0. The molecule has 0 fully saturated rings. The third-order valence-corrected chi connectivity index (χ3v) is 5.23. The van der Waals surface area contributed by atoms with Crippen molar-refractivity contribution in [3.8, 4) is 0 Å². The number of ether oxygens (including phenoxy) is 1. The summed E-state index contributed by atoms with van der Waals surface area (Å²) < 4.78 is 4.83. The van der Waals surface area contributed by atoms with Crippen LogP contribution in [0.5, 0.6) is 0 Å². The topological polar surface area (TPSA) is 69.4 Å². The molecular formula is C24H47NO3. The van der Waals surface area contributed by atoms with Gasteiger partial charge in [0.15, 0.2) is 0 Å². The summed E-state index contributed by atoms with van der Waals surface area (Å²) >= 11 is 0. The Morgan fingerprint density at radius 1 is 0.714 bits per heavy atom. The number of carbonyl (C=O) groups is 2. The Balaban J connectivity index is 3.34. The molecule has 0 aromatic heterocycles. The van der Waals surface area contributed by atoms with E-state index in [2.05, 4.69) is 6.92 Å². The highest BCUT2D eigenvalue weighted by Gasteiger charge is 2.19. The van der Waals surface area contributed by atoms with Gasteiger partial charge in [0.2, 0.25) is 0 Å². The average molecular weight is 398 g/mol. The van der Waals surface area contributed by atoms with Gasteiger partial charge < -0.3 is 10.5 Å². The van der Waals surface area contributed by atoms with Gasteiger partial charge in [0, 0.05) is 6.42 Å². The standard InChI is InChI=1S/C24H47NO3/c1-4-5-6-7-8-9-10-11-12-13-14-15-16-17-18-19-23(26)28-24(27)22(25)20-21(2)3/h21-22H,4-20,25H2,1-3H3/t22-/m1/s1. The Bertz CT molecular complexity index is 382. The van der Waals surface area contributed by atoms with E-state index in [1.807, 2.05) is 13.8 Å². The van der Waals surface area contributed by atoms with Crippen LogP contribution in [0.2, 0.25) is 0 Å². The summed E-state index contributed by atoms with van der Waals surface area (Å²) in [5.41, 5.74) is 5.73. The van der Waals surface area contributed by atoms with Crippen LogP contribution in [-0.4, -0.2) is 18.0 Å². The van der Waals surface area contributed by atoms with Crippen LogP contribution >= 0.6 is 0 Å². The predicted octanol–water partition coefficient (Wildman–Crippen LogP) is 6.69. The Morgan fingerprint density at radius 3 is 1.50 bits per heavy atom. The zero-order chi connectivity index (χ0) is 21.0. The summed E-state index contributed by atoms with van der Waals surface area (Å²) in [4.78, 5) is 23.4. The quantitative estimate of drug-likeness (QED) is 0.150. The smallest absolute Gasteiger partial charge is 0.330 e. The van der Waals surface area contributed by atoms with E-state index in [1.54, 1.807) is 0 Å². The molecule has 0 aromatic carbocycles. The van der Waals surface area contributed by atoms with Crippen LogP contribution in [0.15, 0.2) is 0 Å². The first kappa shape index (κ1) is 27.1. The maximum Gasteiger partial charge on any atom is 0.330 e. The van der Waals surface area contributed by atoms with Crippen molar-refractivity contribution in [3.05, 3.63) is 0 Å². The minimum Gasteiger partial charge on any atom is -0.392 e. The van der Waals surface area contributed by atoms with Crippen LogP contribution in [0, 0.1) is 5.92 Å². The van der Waals surface area contributed by atoms with E-state index in [-0.39, 0.29) is 0 Å². The molecule has 0 unspecified atom stereocenters. The van der Waals surface area contributed by atoms with E-state index >= 15 is 0 Å². The van der Waals surface area contributed by atoms with Crippen LogP contribution in [0.1, 0.15) is 130 Å². The molecule has 0 aromatic rings. The molecule has 0 bridgehead atoms. The fourth-order valence-corrected chi connectivity index (χ4v) is 3.48. The maximum atomic E-state index is 11.7. The van der Waals surface area contributed by atoms with Gasteiger partial charge in [0.05, 0.1) is 0 Å². The van der Waals surface area contributed by atoms with Gasteiger partial charge in [0.1, 0.15) is 6.04 Å². The first-order valence-electron chi connectivity index (χ1n) is 12.0. The van der Waals surface area contributed by atoms with E-state index in [0.717, 1.165) is 19.3 Å². The Hall–Kier alpha value is -0.900. The molecule has 166 valence electrons. The molecule has 1 atom stereocenters. The second-order valence-corrected chi connectivity index (χ2v) is 8.73. The average Bonchev–Trinajstić information content (AvgIpc) is 2.64. The Morgan fingerprint density at radius 2 is 1.11 bits per heavy atom. The molecule has 0 rings (SSSR count). The fourth-order valence-electron chi connectivity index (χ4n) is 3.48. The largest absolute Gasteiger partial charge is 0.392 e. The zero-order valence-corrected chi connectivity index (χ0v) is 19.0. The molecule has 28 heavy (non-hydrogen) atoms. The number of unbranched alkanes of at least 4 members (excludes halogenated alkanes) is 14. The Labute approximate surface area is 174 Å². The predicted molar refractivity (Wildman–Crippen MR) is 118 cm³/mol. The first-order chi connectivity index (χ1) is 13.5. The Kier molecular flexibility index (Phi) is 18.8. The normalized spacial score (nSPS) is 12.3. The number of hydrogen-bond donors (Lipinski definition) is 1. The van der Waals surface area contributed by atoms with Gasteiger partial charge in [-0.05, 0) is 18.8 Å². The molecule has 0 aliphatic carbocycles. The van der Waals surface area contributed by atoms with Gasteiger partial charge in [-0.15, -0.1) is 0 Å². The van der Waals surface area contributed by atoms with E-state index in [4.69, 9.17) is 10.5 Å². The lowest BCUT2D eigenvalue weighted by Crippen LogP contribution is -2.34. The molecule has 0 aliphatic rings. The SMILES string of the molecule is CCCCCCCCCCCCCCCCCC(=O)OC(=O)[C@H](N)CC(C)C. The van der Waals surface area contributed by atoms with Crippen molar-refractivity contribution >= 4 is 11.9 Å². The molecular weight excluding hydrogens is 350 g/mol. The summed E-state index contributed by atoms with van der Waals surface area (Å²) in [6.45, 7) is 6.25. The summed E-state index contributed by atoms with van der Waals surface area (Å²) in [6, 6.07) is -0.690. The lowest BCUT2D eigenvalue weighted by Gasteiger charge is -2.12. The number of carbonyl (C=O) groups excluding carboxylic acids is 2. The van der Waals surface area contributed by atoms with Crippen molar-refractivity contribution in [2.45, 2.75) is 136 Å². The van der Waals surface area contributed by atoms with E-state index in [1.165, 1.54) is 77.0 Å². The zero-order valence-electron chi connectivity index (χ0n) is 19.0. The maximum absolute atomic E-state index is 11.7. The van der Waals surface area contributed by atoms with E-state index in [9.17, 15) is 9.59 Å². The highest BCUT2D eigenvalue weighted by Crippen LogP contribution is 2.14. The molecule has 0 amide bonds. The van der Waals surface area contributed by atoms with Gasteiger partial charge >= 0.3 is 11.9 Å². The number of nitrogens with two attached hydrogens (primary N) is 1. The lowest BCUT2D eigenvalue weighted by molar-refractivity contribution is -0.160. The van der Waals surface area contributed by atoms with E-state index in [0.29, 0.717) is 18.8 Å². The molecule has 4 heteroatoms. The van der Waals surface area contributed by atoms with Crippen LogP contribution in [-0.2, 0) is 14.3 Å². The first-order valence-corrected chi connectivity index (χ1v) is 12.0. The summed E-state index contributed by atoms with van der Waals surface area (Å²) in [5.74, 6) is -0.702. The van der Waals surface area contributed by atoms with Crippen molar-refractivity contribution in [3.63, 3.8) is 0 Å². The molecule has 0 radical (unpaired) electrons. The monoisotopic (exact) mass is 397 g/mol. The van der Waals surface area contributed by atoms with Crippen molar-refractivity contribution in [2.24, 2.45) is 11.7 Å². The molecule has 0 saturated carbocycles. The minimum absolute atomic E-state index is 0.313. The highest BCUT2D eigenvalue weighted by molar-refractivity contribution is 5.88. The van der Waals surface area contributed by atoms with Gasteiger partial charge in [-0.2, -0.15) is 0 Å².